The minimum absolute atomic E-state index is 0.0396. The maximum Gasteiger partial charge on any atom is 0.165 e. The molecule has 1 atom stereocenters. The lowest BCUT2D eigenvalue weighted by Crippen LogP contribution is -2.04. The Balaban J connectivity index is 1.65. The molecular weight excluding hydrogens is 439 g/mol. The number of methoxy groups -OCH3 is 1. The Bertz CT molecular complexity index is 1390. The molecule has 2 heterocycles. The lowest BCUT2D eigenvalue weighted by atomic mass is 9.91. The first-order chi connectivity index (χ1) is 16.1. The molecule has 0 fully saturated rings. The van der Waals surface area contributed by atoms with E-state index in [1.165, 1.54) is 6.07 Å². The molecule has 0 spiro atoms. The van der Waals surface area contributed by atoms with E-state index in [1.54, 1.807) is 31.6 Å². The van der Waals surface area contributed by atoms with Gasteiger partial charge >= 0.3 is 0 Å². The zero-order chi connectivity index (χ0) is 22.8. The smallest absolute Gasteiger partial charge is 0.165 e. The third-order valence-corrected chi connectivity index (χ3v) is 5.84. The second kappa shape index (κ2) is 9.00. The Morgan fingerprint density at radius 1 is 1.12 bits per heavy atom. The number of nitrogens with zero attached hydrogens (tertiary/aromatic N) is 3. The normalized spacial score (nSPS) is 15.4. The minimum atomic E-state index is -0.532. The zero-order valence-electron chi connectivity index (χ0n) is 17.8. The number of benzene rings is 2. The Kier molecular flexibility index (Phi) is 5.75. The van der Waals surface area contributed by atoms with Gasteiger partial charge in [0, 0.05) is 29.3 Å². The predicted octanol–water partition coefficient (Wildman–Crippen LogP) is 6.80. The van der Waals surface area contributed by atoms with Crippen LogP contribution in [0.2, 0.25) is 5.02 Å². The standard InChI is InChI=1S/C26H20ClFN4O/c1-33-19-7-2-5-16(13-19)17-10-11-22-20(14-17)26(31-23-9-3-8-21(27)24(23)28)32-25(30-22)18-6-4-12-29-15-18/h2-4,6-16H,5H2,1H3,(H,30,31,32). The number of anilines is 2. The van der Waals surface area contributed by atoms with Gasteiger partial charge < -0.3 is 10.1 Å². The fourth-order valence-corrected chi connectivity index (χ4v) is 4.02. The van der Waals surface area contributed by atoms with Crippen molar-refractivity contribution < 1.29 is 9.13 Å². The summed E-state index contributed by atoms with van der Waals surface area (Å²) in [7, 11) is 1.66. The van der Waals surface area contributed by atoms with Gasteiger partial charge in [0.1, 0.15) is 11.6 Å². The van der Waals surface area contributed by atoms with Crippen molar-refractivity contribution in [3.63, 3.8) is 0 Å². The van der Waals surface area contributed by atoms with Crippen LogP contribution in [0.1, 0.15) is 17.9 Å². The second-order valence-corrected chi connectivity index (χ2v) is 8.07. The summed E-state index contributed by atoms with van der Waals surface area (Å²) < 4.78 is 20.1. The maximum absolute atomic E-state index is 14.7. The molecule has 164 valence electrons. The molecule has 5 rings (SSSR count). The molecule has 5 nitrogen and oxygen atoms in total. The highest BCUT2D eigenvalue weighted by Gasteiger charge is 2.17. The van der Waals surface area contributed by atoms with Crippen LogP contribution in [0.15, 0.2) is 84.9 Å². The van der Waals surface area contributed by atoms with Crippen molar-refractivity contribution in [1.29, 1.82) is 0 Å². The van der Waals surface area contributed by atoms with E-state index in [2.05, 4.69) is 28.5 Å². The number of halogens is 2. The third-order valence-electron chi connectivity index (χ3n) is 5.55. The van der Waals surface area contributed by atoms with Gasteiger partial charge in [-0.15, -0.1) is 0 Å². The summed E-state index contributed by atoms with van der Waals surface area (Å²) in [5.74, 6) is 1.44. The van der Waals surface area contributed by atoms with Gasteiger partial charge in [-0.05, 0) is 60.5 Å². The molecule has 0 radical (unpaired) electrons. The van der Waals surface area contributed by atoms with Crippen LogP contribution in [0.3, 0.4) is 0 Å². The zero-order valence-corrected chi connectivity index (χ0v) is 18.6. The molecule has 1 aliphatic carbocycles. The first kappa shape index (κ1) is 21.1. The van der Waals surface area contributed by atoms with Crippen LogP contribution in [0.4, 0.5) is 15.9 Å². The Morgan fingerprint density at radius 2 is 2.03 bits per heavy atom. The van der Waals surface area contributed by atoms with Gasteiger partial charge in [-0.25, -0.2) is 14.4 Å². The van der Waals surface area contributed by atoms with E-state index < -0.39 is 5.82 Å². The average Bonchev–Trinajstić information content (AvgIpc) is 2.87. The summed E-state index contributed by atoms with van der Waals surface area (Å²) in [6.45, 7) is 0. The summed E-state index contributed by atoms with van der Waals surface area (Å²) in [5, 5.41) is 3.95. The van der Waals surface area contributed by atoms with E-state index in [0.717, 1.165) is 34.2 Å². The number of rotatable bonds is 5. The van der Waals surface area contributed by atoms with E-state index in [9.17, 15) is 4.39 Å². The van der Waals surface area contributed by atoms with Gasteiger partial charge in [-0.2, -0.15) is 0 Å². The molecule has 0 saturated heterocycles. The van der Waals surface area contributed by atoms with Gasteiger partial charge in [-0.3, -0.25) is 4.98 Å². The van der Waals surface area contributed by atoms with E-state index in [0.29, 0.717) is 11.6 Å². The lowest BCUT2D eigenvalue weighted by molar-refractivity contribution is 0.302. The number of nitrogens with one attached hydrogen (secondary N) is 1. The molecule has 0 saturated carbocycles. The number of fused-ring (bicyclic) bond motifs is 1. The van der Waals surface area contributed by atoms with E-state index >= 15 is 0 Å². The van der Waals surface area contributed by atoms with Gasteiger partial charge in [0.25, 0.3) is 0 Å². The largest absolute Gasteiger partial charge is 0.497 e. The highest BCUT2D eigenvalue weighted by molar-refractivity contribution is 6.31. The molecule has 4 aromatic rings. The van der Waals surface area contributed by atoms with Gasteiger partial charge in [0.2, 0.25) is 0 Å². The van der Waals surface area contributed by atoms with Crippen LogP contribution in [0, 0.1) is 5.82 Å². The molecule has 1 aliphatic rings. The average molecular weight is 459 g/mol. The molecular formula is C26H20ClFN4O. The molecule has 2 aromatic carbocycles. The highest BCUT2D eigenvalue weighted by atomic mass is 35.5. The molecule has 33 heavy (non-hydrogen) atoms. The number of allylic oxidation sites excluding steroid dienone is 3. The number of hydrogen-bond acceptors (Lipinski definition) is 5. The summed E-state index contributed by atoms with van der Waals surface area (Å²) in [5.41, 5.74) is 2.84. The highest BCUT2D eigenvalue weighted by Crippen LogP contribution is 2.34. The molecule has 2 aromatic heterocycles. The first-order valence-corrected chi connectivity index (χ1v) is 10.9. The van der Waals surface area contributed by atoms with Gasteiger partial charge in [-0.1, -0.05) is 29.8 Å². The molecule has 0 aliphatic heterocycles. The topological polar surface area (TPSA) is 59.9 Å². The van der Waals surface area contributed by atoms with Crippen molar-refractivity contribution in [3.05, 3.63) is 101 Å². The van der Waals surface area contributed by atoms with Crippen LogP contribution in [-0.4, -0.2) is 22.1 Å². The number of hydrogen-bond donors (Lipinski definition) is 1. The quantitative estimate of drug-likeness (QED) is 0.356. The molecule has 0 bridgehead atoms. The van der Waals surface area contributed by atoms with Crippen molar-refractivity contribution in [2.45, 2.75) is 12.3 Å². The summed E-state index contributed by atoms with van der Waals surface area (Å²) in [4.78, 5) is 13.6. The first-order valence-electron chi connectivity index (χ1n) is 10.5. The van der Waals surface area contributed by atoms with Gasteiger partial charge in [0.15, 0.2) is 11.6 Å². The molecule has 0 amide bonds. The molecule has 1 unspecified atom stereocenters. The summed E-state index contributed by atoms with van der Waals surface area (Å²) in [6, 6.07) is 14.6. The third kappa shape index (κ3) is 4.30. The monoisotopic (exact) mass is 458 g/mol. The fraction of sp³-hybridized carbons (Fsp3) is 0.115. The summed E-state index contributed by atoms with van der Waals surface area (Å²) >= 11 is 6.00. The maximum atomic E-state index is 14.7. The SMILES string of the molecule is COC1=CC(c2ccc3nc(-c4cccnc4)nc(Nc4cccc(Cl)c4F)c3c2)CC=C1. The Hall–Kier alpha value is -3.77. The second-order valence-electron chi connectivity index (χ2n) is 7.66. The Labute approximate surface area is 195 Å². The van der Waals surface area contributed by atoms with Crippen LogP contribution in [0.5, 0.6) is 0 Å². The van der Waals surface area contributed by atoms with Crippen LogP contribution in [-0.2, 0) is 4.74 Å². The van der Waals surface area contributed by atoms with Crippen LogP contribution in [0.25, 0.3) is 22.3 Å². The van der Waals surface area contributed by atoms with Crippen molar-refractivity contribution in [2.75, 3.05) is 12.4 Å². The van der Waals surface area contributed by atoms with Crippen LogP contribution < -0.4 is 5.32 Å². The number of aromatic nitrogens is 3. The van der Waals surface area contributed by atoms with Crippen molar-refractivity contribution in [2.24, 2.45) is 0 Å². The summed E-state index contributed by atoms with van der Waals surface area (Å²) in [6.07, 6.45) is 10.4. The number of ether oxygens (including phenoxy) is 1. The van der Waals surface area contributed by atoms with Crippen LogP contribution >= 0.6 is 11.6 Å². The fourth-order valence-electron chi connectivity index (χ4n) is 3.85. The van der Waals surface area contributed by atoms with Crippen molar-refractivity contribution in [1.82, 2.24) is 15.0 Å². The van der Waals surface area contributed by atoms with Gasteiger partial charge in [0.05, 0.1) is 23.3 Å². The molecule has 1 N–H and O–H groups in total. The number of pyridine rings is 1. The minimum Gasteiger partial charge on any atom is -0.497 e. The lowest BCUT2D eigenvalue weighted by Gasteiger charge is -2.18. The van der Waals surface area contributed by atoms with Crippen molar-refractivity contribution in [3.8, 4) is 11.4 Å². The van der Waals surface area contributed by atoms with E-state index in [-0.39, 0.29) is 16.6 Å². The van der Waals surface area contributed by atoms with Crippen molar-refractivity contribution >= 4 is 34.0 Å². The predicted molar refractivity (Wildman–Crippen MR) is 129 cm³/mol. The van der Waals surface area contributed by atoms with E-state index in [4.69, 9.17) is 26.3 Å². The Morgan fingerprint density at radius 3 is 2.85 bits per heavy atom. The van der Waals surface area contributed by atoms with E-state index in [1.807, 2.05) is 30.3 Å². The molecule has 7 heteroatoms.